The molecule has 2 aromatic rings. The first-order valence-corrected chi connectivity index (χ1v) is 5.64. The standard InChI is InChI=1S/C14H16N2/c1-9-8-14(2,3)16-13-6-10-4-5-15-12(10)7-11(9)13/h4-8,15-16H,1-3H3. The van der Waals surface area contributed by atoms with Crippen LogP contribution in [0.4, 0.5) is 5.69 Å². The van der Waals surface area contributed by atoms with Crippen LogP contribution in [-0.4, -0.2) is 10.5 Å². The largest absolute Gasteiger partial charge is 0.376 e. The van der Waals surface area contributed by atoms with E-state index in [9.17, 15) is 0 Å². The molecule has 1 aliphatic rings. The van der Waals surface area contributed by atoms with E-state index in [4.69, 9.17) is 0 Å². The molecule has 1 aromatic carbocycles. The lowest BCUT2D eigenvalue weighted by Gasteiger charge is -2.31. The van der Waals surface area contributed by atoms with Crippen molar-refractivity contribution in [1.82, 2.24) is 4.98 Å². The number of aromatic nitrogens is 1. The molecule has 16 heavy (non-hydrogen) atoms. The molecule has 0 amide bonds. The number of hydrogen-bond acceptors (Lipinski definition) is 1. The predicted octanol–water partition coefficient (Wildman–Crippen LogP) is 3.78. The third-order valence-electron chi connectivity index (χ3n) is 3.15. The number of hydrogen-bond donors (Lipinski definition) is 2. The first kappa shape index (κ1) is 9.52. The Kier molecular flexibility index (Phi) is 1.73. The summed E-state index contributed by atoms with van der Waals surface area (Å²) >= 11 is 0. The summed E-state index contributed by atoms with van der Waals surface area (Å²) in [5.74, 6) is 0. The molecule has 0 radical (unpaired) electrons. The Morgan fingerprint density at radius 3 is 2.81 bits per heavy atom. The number of benzene rings is 1. The molecular formula is C14H16N2. The van der Waals surface area contributed by atoms with Gasteiger partial charge in [-0.1, -0.05) is 6.08 Å². The first-order chi connectivity index (χ1) is 7.55. The Bertz CT molecular complexity index is 588. The van der Waals surface area contributed by atoms with Crippen LogP contribution in [-0.2, 0) is 0 Å². The van der Waals surface area contributed by atoms with Crippen molar-refractivity contribution < 1.29 is 0 Å². The summed E-state index contributed by atoms with van der Waals surface area (Å²) < 4.78 is 0. The van der Waals surface area contributed by atoms with Gasteiger partial charge >= 0.3 is 0 Å². The highest BCUT2D eigenvalue weighted by Gasteiger charge is 2.22. The molecule has 0 fully saturated rings. The van der Waals surface area contributed by atoms with Crippen molar-refractivity contribution in [3.63, 3.8) is 0 Å². The lowest BCUT2D eigenvalue weighted by molar-refractivity contribution is 0.708. The maximum atomic E-state index is 3.56. The van der Waals surface area contributed by atoms with E-state index in [2.05, 4.69) is 55.3 Å². The molecule has 0 bridgehead atoms. The molecule has 2 heteroatoms. The minimum Gasteiger partial charge on any atom is -0.376 e. The normalized spacial score (nSPS) is 17.8. The molecule has 1 aromatic heterocycles. The minimum atomic E-state index is 0.0427. The van der Waals surface area contributed by atoms with Crippen LogP contribution in [0.2, 0.25) is 0 Å². The van der Waals surface area contributed by atoms with Crippen molar-refractivity contribution in [2.24, 2.45) is 0 Å². The summed E-state index contributed by atoms with van der Waals surface area (Å²) in [6.45, 7) is 6.57. The minimum absolute atomic E-state index is 0.0427. The molecule has 82 valence electrons. The summed E-state index contributed by atoms with van der Waals surface area (Å²) in [4.78, 5) is 3.26. The fraction of sp³-hybridized carbons (Fsp3) is 0.286. The molecule has 0 aliphatic carbocycles. The molecule has 2 nitrogen and oxygen atoms in total. The zero-order valence-corrected chi connectivity index (χ0v) is 9.89. The number of anilines is 1. The summed E-state index contributed by atoms with van der Waals surface area (Å²) in [6, 6.07) is 6.55. The fourth-order valence-corrected chi connectivity index (χ4v) is 2.53. The van der Waals surface area contributed by atoms with E-state index < -0.39 is 0 Å². The van der Waals surface area contributed by atoms with Crippen LogP contribution in [0.1, 0.15) is 26.3 Å². The van der Waals surface area contributed by atoms with Gasteiger partial charge in [0.15, 0.2) is 0 Å². The van der Waals surface area contributed by atoms with E-state index >= 15 is 0 Å². The van der Waals surface area contributed by atoms with Crippen molar-refractivity contribution in [1.29, 1.82) is 0 Å². The van der Waals surface area contributed by atoms with Crippen LogP contribution in [0, 0.1) is 0 Å². The molecule has 2 N–H and O–H groups in total. The Morgan fingerprint density at radius 1 is 1.19 bits per heavy atom. The Balaban J connectivity index is 2.28. The highest BCUT2D eigenvalue weighted by atomic mass is 15.0. The lowest BCUT2D eigenvalue weighted by atomic mass is 9.91. The van der Waals surface area contributed by atoms with Gasteiger partial charge in [0, 0.05) is 28.4 Å². The van der Waals surface area contributed by atoms with Gasteiger partial charge < -0.3 is 10.3 Å². The zero-order valence-electron chi connectivity index (χ0n) is 9.89. The average Bonchev–Trinajstić information content (AvgIpc) is 2.60. The van der Waals surface area contributed by atoms with Crippen LogP contribution < -0.4 is 5.32 Å². The van der Waals surface area contributed by atoms with E-state index in [1.54, 1.807) is 0 Å². The second-order valence-electron chi connectivity index (χ2n) is 5.14. The summed E-state index contributed by atoms with van der Waals surface area (Å²) in [7, 11) is 0. The van der Waals surface area contributed by atoms with Crippen LogP contribution >= 0.6 is 0 Å². The molecular weight excluding hydrogens is 196 g/mol. The van der Waals surface area contributed by atoms with E-state index in [0.29, 0.717) is 0 Å². The fourth-order valence-electron chi connectivity index (χ4n) is 2.53. The SMILES string of the molecule is CC1=CC(C)(C)Nc2cc3cc[nH]c3cc21. The van der Waals surface area contributed by atoms with E-state index in [1.165, 1.54) is 27.7 Å². The van der Waals surface area contributed by atoms with Crippen LogP contribution in [0.25, 0.3) is 16.5 Å². The van der Waals surface area contributed by atoms with Crippen molar-refractivity contribution in [2.45, 2.75) is 26.3 Å². The van der Waals surface area contributed by atoms with E-state index in [0.717, 1.165) is 0 Å². The van der Waals surface area contributed by atoms with Gasteiger partial charge in [-0.25, -0.2) is 0 Å². The highest BCUT2D eigenvalue weighted by Crippen LogP contribution is 2.35. The van der Waals surface area contributed by atoms with Crippen molar-refractivity contribution in [3.8, 4) is 0 Å². The number of H-pyrrole nitrogens is 1. The van der Waals surface area contributed by atoms with Gasteiger partial charge in [-0.3, -0.25) is 0 Å². The second kappa shape index (κ2) is 2.91. The molecule has 0 spiro atoms. The first-order valence-electron chi connectivity index (χ1n) is 5.64. The number of allylic oxidation sites excluding steroid dienone is 1. The van der Waals surface area contributed by atoms with E-state index in [1.807, 2.05) is 6.20 Å². The topological polar surface area (TPSA) is 27.8 Å². The summed E-state index contributed by atoms with van der Waals surface area (Å²) in [6.07, 6.45) is 4.27. The highest BCUT2D eigenvalue weighted by molar-refractivity contribution is 5.92. The summed E-state index contributed by atoms with van der Waals surface area (Å²) in [5, 5.41) is 4.82. The van der Waals surface area contributed by atoms with Crippen LogP contribution in [0.5, 0.6) is 0 Å². The Morgan fingerprint density at radius 2 is 2.00 bits per heavy atom. The molecule has 0 saturated heterocycles. The lowest BCUT2D eigenvalue weighted by Crippen LogP contribution is -2.31. The third-order valence-corrected chi connectivity index (χ3v) is 3.15. The van der Waals surface area contributed by atoms with Gasteiger partial charge in [0.2, 0.25) is 0 Å². The van der Waals surface area contributed by atoms with Crippen molar-refractivity contribution in [3.05, 3.63) is 36.0 Å². The Labute approximate surface area is 95.4 Å². The van der Waals surface area contributed by atoms with Gasteiger partial charge in [0.1, 0.15) is 0 Å². The molecule has 2 heterocycles. The molecule has 0 saturated carbocycles. The monoisotopic (exact) mass is 212 g/mol. The molecule has 3 rings (SSSR count). The average molecular weight is 212 g/mol. The Hall–Kier alpha value is -1.70. The van der Waals surface area contributed by atoms with Gasteiger partial charge in [-0.15, -0.1) is 0 Å². The number of rotatable bonds is 0. The van der Waals surface area contributed by atoms with Gasteiger partial charge in [0.05, 0.1) is 5.54 Å². The maximum absolute atomic E-state index is 3.56. The maximum Gasteiger partial charge on any atom is 0.0505 e. The zero-order chi connectivity index (χ0) is 11.3. The summed E-state index contributed by atoms with van der Waals surface area (Å²) in [5.41, 5.74) is 5.12. The van der Waals surface area contributed by atoms with Gasteiger partial charge in [-0.2, -0.15) is 0 Å². The quantitative estimate of drug-likeness (QED) is 0.683. The number of aromatic amines is 1. The second-order valence-corrected chi connectivity index (χ2v) is 5.14. The third kappa shape index (κ3) is 1.33. The van der Waals surface area contributed by atoms with Crippen molar-refractivity contribution >= 4 is 22.2 Å². The number of fused-ring (bicyclic) bond motifs is 2. The van der Waals surface area contributed by atoms with Gasteiger partial charge in [-0.05, 0) is 44.5 Å². The van der Waals surface area contributed by atoms with E-state index in [-0.39, 0.29) is 5.54 Å². The molecule has 1 aliphatic heterocycles. The number of nitrogens with one attached hydrogen (secondary N) is 2. The molecule has 0 atom stereocenters. The van der Waals surface area contributed by atoms with Crippen LogP contribution in [0.15, 0.2) is 30.5 Å². The predicted molar refractivity (Wildman–Crippen MR) is 69.7 cm³/mol. The smallest absolute Gasteiger partial charge is 0.0505 e. The van der Waals surface area contributed by atoms with Crippen molar-refractivity contribution in [2.75, 3.05) is 5.32 Å². The molecule has 0 unspecified atom stereocenters. The van der Waals surface area contributed by atoms with Gasteiger partial charge in [0.25, 0.3) is 0 Å². The van der Waals surface area contributed by atoms with Crippen LogP contribution in [0.3, 0.4) is 0 Å².